The number of ether oxygens (including phenoxy) is 2. The Morgan fingerprint density at radius 2 is 2.00 bits per heavy atom. The van der Waals surface area contributed by atoms with Crippen LogP contribution in [0.25, 0.3) is 6.08 Å². The van der Waals surface area contributed by atoms with Crippen molar-refractivity contribution in [3.63, 3.8) is 0 Å². The van der Waals surface area contributed by atoms with Crippen molar-refractivity contribution in [2.45, 2.75) is 25.7 Å². The first-order chi connectivity index (χ1) is 7.16. The lowest BCUT2D eigenvalue weighted by Gasteiger charge is -2.15. The second-order valence-corrected chi connectivity index (χ2v) is 4.14. The minimum absolute atomic E-state index is 0.0696. The molecule has 1 atom stereocenters. The summed E-state index contributed by atoms with van der Waals surface area (Å²) in [6, 6.07) is 10.2. The van der Waals surface area contributed by atoms with Gasteiger partial charge in [0.05, 0.1) is 6.61 Å². The quantitative estimate of drug-likeness (QED) is 0.737. The highest BCUT2D eigenvalue weighted by Gasteiger charge is 2.30. The van der Waals surface area contributed by atoms with Crippen LogP contribution in [0.1, 0.15) is 19.4 Å². The maximum Gasteiger partial charge on any atom is 0.163 e. The fourth-order valence-electron chi connectivity index (χ4n) is 1.59. The molecule has 0 radical (unpaired) electrons. The zero-order chi connectivity index (χ0) is 10.7. The summed E-state index contributed by atoms with van der Waals surface area (Å²) in [6.07, 6.45) is 4.18. The summed E-state index contributed by atoms with van der Waals surface area (Å²) in [5, 5.41) is 0. The molecule has 0 aromatic heterocycles. The predicted octanol–water partition coefficient (Wildman–Crippen LogP) is 2.85. The minimum Gasteiger partial charge on any atom is -0.347 e. The molecule has 15 heavy (non-hydrogen) atoms. The Hall–Kier alpha value is -1.12. The Morgan fingerprint density at radius 3 is 2.60 bits per heavy atom. The smallest absolute Gasteiger partial charge is 0.163 e. The molecule has 0 bridgehead atoms. The topological polar surface area (TPSA) is 18.5 Å². The normalized spacial score (nSPS) is 24.8. The van der Waals surface area contributed by atoms with Crippen LogP contribution in [0.4, 0.5) is 0 Å². The molecule has 0 aliphatic carbocycles. The van der Waals surface area contributed by atoms with Gasteiger partial charge in [0.1, 0.15) is 6.10 Å². The highest BCUT2D eigenvalue weighted by molar-refractivity contribution is 5.49. The van der Waals surface area contributed by atoms with Crippen molar-refractivity contribution in [3.05, 3.63) is 42.0 Å². The van der Waals surface area contributed by atoms with Gasteiger partial charge in [-0.05, 0) is 19.4 Å². The molecule has 2 rings (SSSR count). The predicted molar refractivity (Wildman–Crippen MR) is 60.4 cm³/mol. The Balaban J connectivity index is 1.96. The van der Waals surface area contributed by atoms with E-state index in [4.69, 9.17) is 9.47 Å². The highest BCUT2D eigenvalue weighted by atomic mass is 16.7. The monoisotopic (exact) mass is 204 g/mol. The first-order valence-electron chi connectivity index (χ1n) is 5.21. The molecule has 0 saturated carbocycles. The maximum atomic E-state index is 5.66. The average Bonchev–Trinajstić information content (AvgIpc) is 2.57. The average molecular weight is 204 g/mol. The van der Waals surface area contributed by atoms with Gasteiger partial charge < -0.3 is 9.47 Å². The van der Waals surface area contributed by atoms with Crippen LogP contribution in [0.15, 0.2) is 36.4 Å². The maximum absolute atomic E-state index is 5.66. The fourth-order valence-corrected chi connectivity index (χ4v) is 1.59. The summed E-state index contributed by atoms with van der Waals surface area (Å²) in [4.78, 5) is 0. The summed E-state index contributed by atoms with van der Waals surface area (Å²) in [6.45, 7) is 4.50. The minimum atomic E-state index is -0.439. The van der Waals surface area contributed by atoms with Gasteiger partial charge in [-0.25, -0.2) is 0 Å². The molecule has 1 fully saturated rings. The van der Waals surface area contributed by atoms with Gasteiger partial charge in [-0.1, -0.05) is 42.5 Å². The van der Waals surface area contributed by atoms with Crippen LogP contribution in [-0.2, 0) is 9.47 Å². The summed E-state index contributed by atoms with van der Waals surface area (Å²) >= 11 is 0. The van der Waals surface area contributed by atoms with E-state index < -0.39 is 5.79 Å². The zero-order valence-electron chi connectivity index (χ0n) is 9.14. The highest BCUT2D eigenvalue weighted by Crippen LogP contribution is 2.23. The van der Waals surface area contributed by atoms with E-state index in [-0.39, 0.29) is 6.10 Å². The molecule has 0 spiro atoms. The van der Waals surface area contributed by atoms with Gasteiger partial charge in [-0.15, -0.1) is 0 Å². The molecule has 1 aromatic carbocycles. The van der Waals surface area contributed by atoms with E-state index in [1.165, 1.54) is 5.56 Å². The fraction of sp³-hybridized carbons (Fsp3) is 0.385. The molecule has 1 aliphatic heterocycles. The van der Waals surface area contributed by atoms with Crippen molar-refractivity contribution in [1.29, 1.82) is 0 Å². The third kappa shape index (κ3) is 2.91. The Morgan fingerprint density at radius 1 is 1.27 bits per heavy atom. The van der Waals surface area contributed by atoms with Gasteiger partial charge in [0, 0.05) is 0 Å². The molecule has 1 unspecified atom stereocenters. The summed E-state index contributed by atoms with van der Waals surface area (Å²) in [5.41, 5.74) is 1.19. The van der Waals surface area contributed by atoms with Crippen molar-refractivity contribution in [1.82, 2.24) is 0 Å². The lowest BCUT2D eigenvalue weighted by molar-refractivity contribution is -0.133. The Bertz CT molecular complexity index is 341. The second-order valence-electron chi connectivity index (χ2n) is 4.14. The Kier molecular flexibility index (Phi) is 2.89. The van der Waals surface area contributed by atoms with E-state index >= 15 is 0 Å². The van der Waals surface area contributed by atoms with Gasteiger partial charge in [0.2, 0.25) is 0 Å². The third-order valence-electron chi connectivity index (χ3n) is 2.33. The van der Waals surface area contributed by atoms with Crippen LogP contribution in [-0.4, -0.2) is 18.5 Å². The van der Waals surface area contributed by atoms with Crippen molar-refractivity contribution < 1.29 is 9.47 Å². The van der Waals surface area contributed by atoms with E-state index in [1.807, 2.05) is 38.1 Å². The van der Waals surface area contributed by atoms with E-state index in [2.05, 4.69) is 18.2 Å². The largest absolute Gasteiger partial charge is 0.347 e. The molecule has 1 saturated heterocycles. The third-order valence-corrected chi connectivity index (χ3v) is 2.33. The van der Waals surface area contributed by atoms with Gasteiger partial charge in [-0.3, -0.25) is 0 Å². The molecular weight excluding hydrogens is 188 g/mol. The second kappa shape index (κ2) is 4.17. The van der Waals surface area contributed by atoms with Crippen LogP contribution in [0.3, 0.4) is 0 Å². The van der Waals surface area contributed by atoms with Crippen LogP contribution < -0.4 is 0 Å². The molecule has 1 aliphatic rings. The summed E-state index contributed by atoms with van der Waals surface area (Å²) < 4.78 is 11.1. The van der Waals surface area contributed by atoms with Crippen molar-refractivity contribution in [2.75, 3.05) is 6.61 Å². The van der Waals surface area contributed by atoms with Crippen molar-refractivity contribution >= 4 is 6.08 Å². The molecule has 2 heteroatoms. The first-order valence-corrected chi connectivity index (χ1v) is 5.21. The van der Waals surface area contributed by atoms with E-state index in [9.17, 15) is 0 Å². The lowest BCUT2D eigenvalue weighted by atomic mass is 10.2. The number of benzene rings is 1. The van der Waals surface area contributed by atoms with Gasteiger partial charge in [0.25, 0.3) is 0 Å². The number of hydrogen-bond acceptors (Lipinski definition) is 2. The van der Waals surface area contributed by atoms with Gasteiger partial charge >= 0.3 is 0 Å². The van der Waals surface area contributed by atoms with E-state index in [0.717, 1.165) is 0 Å². The number of hydrogen-bond donors (Lipinski definition) is 0. The first kappa shape index (κ1) is 10.4. The standard InChI is InChI=1S/C13H16O2/c1-13(2)14-10-12(15-13)9-8-11-6-4-3-5-7-11/h3-9,12H,10H2,1-2H3/b9-8+. The zero-order valence-corrected chi connectivity index (χ0v) is 9.14. The van der Waals surface area contributed by atoms with E-state index in [0.29, 0.717) is 6.61 Å². The van der Waals surface area contributed by atoms with Crippen LogP contribution in [0.2, 0.25) is 0 Å². The van der Waals surface area contributed by atoms with Crippen LogP contribution in [0, 0.1) is 0 Å². The molecule has 1 aromatic rings. The van der Waals surface area contributed by atoms with Crippen LogP contribution >= 0.6 is 0 Å². The lowest BCUT2D eigenvalue weighted by Crippen LogP contribution is -2.20. The number of rotatable bonds is 2. The molecule has 1 heterocycles. The Labute approximate surface area is 90.5 Å². The van der Waals surface area contributed by atoms with Gasteiger partial charge in [-0.2, -0.15) is 0 Å². The summed E-state index contributed by atoms with van der Waals surface area (Å²) in [5.74, 6) is -0.439. The van der Waals surface area contributed by atoms with Crippen LogP contribution in [0.5, 0.6) is 0 Å². The molecule has 0 N–H and O–H groups in total. The molecule has 0 amide bonds. The van der Waals surface area contributed by atoms with Gasteiger partial charge in [0.15, 0.2) is 5.79 Å². The molecular formula is C13H16O2. The van der Waals surface area contributed by atoms with Crippen molar-refractivity contribution in [3.8, 4) is 0 Å². The molecule has 2 nitrogen and oxygen atoms in total. The summed E-state index contributed by atoms with van der Waals surface area (Å²) in [7, 11) is 0. The molecule has 80 valence electrons. The van der Waals surface area contributed by atoms with Crippen molar-refractivity contribution in [2.24, 2.45) is 0 Å². The van der Waals surface area contributed by atoms with E-state index in [1.54, 1.807) is 0 Å². The SMILES string of the molecule is CC1(C)OCC(/C=C/c2ccccc2)O1.